The lowest BCUT2D eigenvalue weighted by atomic mass is 10.1. The molecule has 13 nitrogen and oxygen atoms in total. The van der Waals surface area contributed by atoms with Crippen LogP contribution in [0, 0.1) is 11.6 Å². The standard InChI is InChI=1S/C31H37ClF2N6O7/c1-31(2,3)47-30(45)38-22(16-41)15-36-26(42)12-23(40(4)28(43)37-14-19-6-5-7-24(34)27(19)32)17-46-29(44)39-25-11-20-10-21(33)9-8-18(20)13-35-25/h5-11,13,22-23,41H,12,14-17H2,1-4H3,(H,36,42)(H,37,43)(H,38,45)(H,35,39,44)/t22-,23+/m1/s1. The Balaban J connectivity index is 1.65. The Kier molecular flexibility index (Phi) is 13.0. The number of benzene rings is 2. The number of aliphatic hydroxyl groups is 1. The summed E-state index contributed by atoms with van der Waals surface area (Å²) < 4.78 is 38.0. The highest BCUT2D eigenvalue weighted by Crippen LogP contribution is 2.20. The van der Waals surface area contributed by atoms with Crippen molar-refractivity contribution in [2.24, 2.45) is 0 Å². The second-order valence-corrected chi connectivity index (χ2v) is 11.8. The van der Waals surface area contributed by atoms with Crippen molar-refractivity contribution in [3.8, 4) is 0 Å². The van der Waals surface area contributed by atoms with E-state index < -0.39 is 66.7 Å². The number of anilines is 1. The van der Waals surface area contributed by atoms with Crippen molar-refractivity contribution < 1.29 is 42.5 Å². The fraction of sp³-hybridized carbons (Fsp3) is 0.387. The van der Waals surface area contributed by atoms with Crippen molar-refractivity contribution in [3.05, 3.63) is 70.9 Å². The van der Waals surface area contributed by atoms with Crippen LogP contribution in [0.2, 0.25) is 5.02 Å². The van der Waals surface area contributed by atoms with Gasteiger partial charge < -0.3 is 35.4 Å². The highest BCUT2D eigenvalue weighted by Gasteiger charge is 2.26. The van der Waals surface area contributed by atoms with Crippen molar-refractivity contribution >= 4 is 52.3 Å². The first-order valence-electron chi connectivity index (χ1n) is 14.4. The summed E-state index contributed by atoms with van der Waals surface area (Å²) in [4.78, 5) is 55.9. The van der Waals surface area contributed by atoms with Crippen molar-refractivity contribution in [1.82, 2.24) is 25.8 Å². The van der Waals surface area contributed by atoms with E-state index in [4.69, 9.17) is 21.1 Å². The van der Waals surface area contributed by atoms with Crippen molar-refractivity contribution in [2.75, 3.05) is 32.1 Å². The van der Waals surface area contributed by atoms with Gasteiger partial charge in [0.1, 0.15) is 29.7 Å². The average Bonchev–Trinajstić information content (AvgIpc) is 3.00. The Labute approximate surface area is 274 Å². The number of fused-ring (bicyclic) bond motifs is 1. The van der Waals surface area contributed by atoms with Crippen LogP contribution in [-0.4, -0.2) is 83.6 Å². The lowest BCUT2D eigenvalue weighted by molar-refractivity contribution is -0.122. The van der Waals surface area contributed by atoms with Gasteiger partial charge in [-0.1, -0.05) is 23.7 Å². The van der Waals surface area contributed by atoms with Gasteiger partial charge in [0.2, 0.25) is 5.91 Å². The van der Waals surface area contributed by atoms with Crippen LogP contribution < -0.4 is 21.3 Å². The number of hydrogen-bond acceptors (Lipinski definition) is 8. The monoisotopic (exact) mass is 678 g/mol. The molecule has 3 aromatic rings. The van der Waals surface area contributed by atoms with Crippen LogP contribution in [0.25, 0.3) is 10.8 Å². The molecule has 0 saturated heterocycles. The molecular formula is C31H37ClF2N6O7. The first-order chi connectivity index (χ1) is 22.1. The number of nitrogens with zero attached hydrogens (tertiary/aromatic N) is 2. The molecule has 3 rings (SSSR count). The maximum absolute atomic E-state index is 13.8. The molecule has 0 aliphatic heterocycles. The SMILES string of the molecule is CN(C(=O)NCc1cccc(F)c1Cl)[C@H](COC(=O)Nc1cc2cc(F)ccc2cn1)CC(=O)NC[C@H](CO)NC(=O)OC(C)(C)C. The number of aliphatic hydroxyl groups excluding tert-OH is 1. The number of rotatable bonds is 12. The quantitative estimate of drug-likeness (QED) is 0.189. The molecule has 16 heteroatoms. The number of halogens is 3. The molecule has 5 amide bonds. The number of aromatic nitrogens is 1. The summed E-state index contributed by atoms with van der Waals surface area (Å²) in [6, 6.07) is 7.09. The highest BCUT2D eigenvalue weighted by atomic mass is 35.5. The van der Waals surface area contributed by atoms with Crippen molar-refractivity contribution in [3.63, 3.8) is 0 Å². The number of alkyl carbamates (subject to hydrolysis) is 1. The van der Waals surface area contributed by atoms with Crippen LogP contribution in [0.4, 0.5) is 29.0 Å². The van der Waals surface area contributed by atoms with Crippen LogP contribution in [0.15, 0.2) is 48.7 Å². The van der Waals surface area contributed by atoms with Crippen LogP contribution >= 0.6 is 11.6 Å². The Bertz CT molecular complexity index is 1590. The topological polar surface area (TPSA) is 171 Å². The normalized spacial score (nSPS) is 12.4. The maximum Gasteiger partial charge on any atom is 0.412 e. The van der Waals surface area contributed by atoms with Crippen LogP contribution in [0.1, 0.15) is 32.8 Å². The number of amides is 5. The Morgan fingerprint density at radius 3 is 2.49 bits per heavy atom. The number of urea groups is 1. The first kappa shape index (κ1) is 36.7. The summed E-state index contributed by atoms with van der Waals surface area (Å²) in [5.74, 6) is -1.65. The summed E-state index contributed by atoms with van der Waals surface area (Å²) in [7, 11) is 1.36. The zero-order valence-corrected chi connectivity index (χ0v) is 27.0. The lowest BCUT2D eigenvalue weighted by Crippen LogP contribution is -2.50. The molecule has 2 atom stereocenters. The molecule has 5 N–H and O–H groups in total. The minimum Gasteiger partial charge on any atom is -0.447 e. The van der Waals surface area contributed by atoms with Gasteiger partial charge in [0.05, 0.1) is 30.1 Å². The summed E-state index contributed by atoms with van der Waals surface area (Å²) in [5, 5.41) is 20.7. The number of likely N-dealkylation sites (N-methyl/N-ethyl adjacent to an activating group) is 1. The van der Waals surface area contributed by atoms with Gasteiger partial charge in [-0.05, 0) is 62.1 Å². The zero-order valence-electron chi connectivity index (χ0n) is 26.2. The minimum atomic E-state index is -1.02. The summed E-state index contributed by atoms with van der Waals surface area (Å²) >= 11 is 5.98. The predicted octanol–water partition coefficient (Wildman–Crippen LogP) is 4.32. The number of carbonyl (C=O) groups is 4. The maximum atomic E-state index is 13.8. The van der Waals surface area contributed by atoms with Gasteiger partial charge in [-0.15, -0.1) is 0 Å². The number of nitrogens with one attached hydrogen (secondary N) is 4. The van der Waals surface area contributed by atoms with E-state index in [0.29, 0.717) is 16.3 Å². The van der Waals surface area contributed by atoms with Crippen molar-refractivity contribution in [1.29, 1.82) is 0 Å². The molecule has 0 aliphatic rings. The van der Waals surface area contributed by atoms with Gasteiger partial charge in [-0.3, -0.25) is 10.1 Å². The molecule has 0 radical (unpaired) electrons. The third kappa shape index (κ3) is 11.8. The lowest BCUT2D eigenvalue weighted by Gasteiger charge is -2.28. The van der Waals surface area contributed by atoms with Gasteiger partial charge in [-0.2, -0.15) is 0 Å². The molecule has 254 valence electrons. The van der Waals surface area contributed by atoms with Crippen molar-refractivity contribution in [2.45, 2.75) is 51.4 Å². The van der Waals surface area contributed by atoms with Gasteiger partial charge in [-0.25, -0.2) is 28.1 Å². The van der Waals surface area contributed by atoms with E-state index in [1.807, 2.05) is 0 Å². The van der Waals surface area contributed by atoms with E-state index in [-0.39, 0.29) is 30.4 Å². The highest BCUT2D eigenvalue weighted by molar-refractivity contribution is 6.31. The molecule has 1 heterocycles. The third-order valence-electron chi connectivity index (χ3n) is 6.56. The van der Waals surface area contributed by atoms with E-state index >= 15 is 0 Å². The fourth-order valence-electron chi connectivity index (χ4n) is 4.11. The molecule has 0 bridgehead atoms. The average molecular weight is 679 g/mol. The Hall–Kier alpha value is -4.76. The van der Waals surface area contributed by atoms with Gasteiger partial charge in [0, 0.05) is 31.7 Å². The summed E-state index contributed by atoms with van der Waals surface area (Å²) in [6.07, 6.45) is -0.668. The second-order valence-electron chi connectivity index (χ2n) is 11.5. The molecule has 0 unspecified atom stereocenters. The molecule has 0 aliphatic carbocycles. The van der Waals surface area contributed by atoms with E-state index in [1.54, 1.807) is 20.8 Å². The third-order valence-corrected chi connectivity index (χ3v) is 6.98. The number of carbonyl (C=O) groups excluding carboxylic acids is 4. The Morgan fingerprint density at radius 2 is 1.79 bits per heavy atom. The Morgan fingerprint density at radius 1 is 1.04 bits per heavy atom. The largest absolute Gasteiger partial charge is 0.447 e. The first-order valence-corrected chi connectivity index (χ1v) is 14.8. The molecule has 0 fully saturated rings. The zero-order chi connectivity index (χ0) is 34.7. The molecular weight excluding hydrogens is 642 g/mol. The molecule has 0 spiro atoms. The minimum absolute atomic E-state index is 0.0768. The van der Waals surface area contributed by atoms with Gasteiger partial charge >= 0.3 is 18.2 Å². The summed E-state index contributed by atoms with van der Waals surface area (Å²) in [6.45, 7) is 3.74. The second kappa shape index (κ2) is 16.7. The fourth-order valence-corrected chi connectivity index (χ4v) is 4.30. The van der Waals surface area contributed by atoms with E-state index in [2.05, 4.69) is 26.3 Å². The van der Waals surface area contributed by atoms with E-state index in [0.717, 1.165) is 4.90 Å². The predicted molar refractivity (Wildman–Crippen MR) is 170 cm³/mol. The molecule has 0 saturated carbocycles. The van der Waals surface area contributed by atoms with Crippen LogP contribution in [-0.2, 0) is 20.8 Å². The molecule has 2 aromatic carbocycles. The van der Waals surface area contributed by atoms with Gasteiger partial charge in [0.25, 0.3) is 0 Å². The number of ether oxygens (including phenoxy) is 2. The van der Waals surface area contributed by atoms with E-state index in [1.165, 1.54) is 55.7 Å². The molecule has 1 aromatic heterocycles. The smallest absolute Gasteiger partial charge is 0.412 e. The molecule has 47 heavy (non-hydrogen) atoms. The van der Waals surface area contributed by atoms with Crippen LogP contribution in [0.3, 0.4) is 0 Å². The van der Waals surface area contributed by atoms with Crippen LogP contribution in [0.5, 0.6) is 0 Å². The number of hydrogen-bond donors (Lipinski definition) is 5. The van der Waals surface area contributed by atoms with Gasteiger partial charge in [0.15, 0.2) is 0 Å². The van der Waals surface area contributed by atoms with E-state index in [9.17, 15) is 33.1 Å². The number of pyridine rings is 1. The summed E-state index contributed by atoms with van der Waals surface area (Å²) in [5.41, 5.74) is -0.464.